The summed E-state index contributed by atoms with van der Waals surface area (Å²) in [6, 6.07) is 19.2. The van der Waals surface area contributed by atoms with Crippen molar-refractivity contribution >= 4 is 11.4 Å². The molecule has 1 heteroatoms. The van der Waals surface area contributed by atoms with Crippen LogP contribution in [-0.2, 0) is 6.42 Å². The average molecular weight is 316 g/mol. The fourth-order valence-corrected chi connectivity index (χ4v) is 2.21. The zero-order valence-electron chi connectivity index (χ0n) is 16.6. The lowest BCUT2D eigenvalue weighted by molar-refractivity contribution is 0.998. The molecule has 0 saturated heterocycles. The van der Waals surface area contributed by atoms with Crippen LogP contribution in [-0.4, -0.2) is 6.54 Å². The summed E-state index contributed by atoms with van der Waals surface area (Å²) in [7, 11) is 0. The molecule has 0 aliphatic carbocycles. The van der Waals surface area contributed by atoms with E-state index < -0.39 is 0 Å². The van der Waals surface area contributed by atoms with E-state index in [2.05, 4.69) is 59.5 Å². The zero-order chi connectivity index (χ0) is 18.1. The van der Waals surface area contributed by atoms with Crippen LogP contribution in [0.5, 0.6) is 0 Å². The van der Waals surface area contributed by atoms with Gasteiger partial charge in [-0.25, -0.2) is 0 Å². The van der Waals surface area contributed by atoms with Crippen molar-refractivity contribution < 1.29 is 0 Å². The van der Waals surface area contributed by atoms with Gasteiger partial charge in [0.15, 0.2) is 0 Å². The topological polar surface area (TPSA) is 3.24 Å². The summed E-state index contributed by atoms with van der Waals surface area (Å²) in [6.07, 6.45) is 1.16. The first kappa shape index (κ1) is 23.5. The summed E-state index contributed by atoms with van der Waals surface area (Å²) in [6.45, 7) is 17.1. The van der Waals surface area contributed by atoms with Crippen molar-refractivity contribution in [3.05, 3.63) is 60.2 Å². The molecule has 0 atom stereocenters. The highest BCUT2D eigenvalue weighted by molar-refractivity contribution is 5.69. The Labute approximate surface area is 145 Å². The lowest BCUT2D eigenvalue weighted by Gasteiger charge is -2.19. The van der Waals surface area contributed by atoms with Crippen molar-refractivity contribution in [1.29, 1.82) is 0 Å². The molecule has 0 unspecified atom stereocenters. The molecule has 0 saturated carbocycles. The van der Waals surface area contributed by atoms with Crippen LogP contribution in [0.3, 0.4) is 0 Å². The monoisotopic (exact) mass is 315 g/mol. The molecule has 0 amide bonds. The molecule has 0 fully saturated rings. The highest BCUT2D eigenvalue weighted by Gasteiger charge is 2.18. The largest absolute Gasteiger partial charge is 0.341 e. The van der Waals surface area contributed by atoms with Gasteiger partial charge in [-0.05, 0) is 30.2 Å². The lowest BCUT2D eigenvalue weighted by Crippen LogP contribution is -2.12. The number of para-hydroxylation sites is 2. The third-order valence-electron chi connectivity index (χ3n) is 2.96. The van der Waals surface area contributed by atoms with Crippen LogP contribution in [0.15, 0.2) is 54.6 Å². The Morgan fingerprint density at radius 3 is 1.65 bits per heavy atom. The number of benzene rings is 2. The molecule has 2 aromatic rings. The number of rotatable bonds is 1. The normalized spacial score (nSPS) is 10.2. The lowest BCUT2D eigenvalue weighted by atomic mass is 10.2. The first-order chi connectivity index (χ1) is 11.4. The molecular weight excluding hydrogens is 278 g/mol. The van der Waals surface area contributed by atoms with Crippen molar-refractivity contribution in [2.24, 2.45) is 0 Å². The quantitative estimate of drug-likeness (QED) is 0.527. The van der Waals surface area contributed by atoms with Crippen LogP contribution < -0.4 is 4.90 Å². The smallest absolute Gasteiger partial charge is 0.0444 e. The van der Waals surface area contributed by atoms with Gasteiger partial charge in [0.2, 0.25) is 0 Å². The Kier molecular flexibility index (Phi) is 17.0. The third-order valence-corrected chi connectivity index (χ3v) is 2.96. The Balaban J connectivity index is 0. The van der Waals surface area contributed by atoms with Gasteiger partial charge < -0.3 is 4.90 Å². The van der Waals surface area contributed by atoms with Crippen LogP contribution >= 0.6 is 0 Å². The predicted molar refractivity (Wildman–Crippen MR) is 109 cm³/mol. The number of anilines is 2. The molecule has 0 spiro atoms. The molecule has 0 radical (unpaired) electrons. The molecule has 1 aliphatic rings. The van der Waals surface area contributed by atoms with Gasteiger partial charge in [0, 0.05) is 17.9 Å². The summed E-state index contributed by atoms with van der Waals surface area (Å²) >= 11 is 0. The first-order valence-corrected chi connectivity index (χ1v) is 9.36. The van der Waals surface area contributed by atoms with Crippen molar-refractivity contribution in [3.8, 4) is 0 Å². The van der Waals surface area contributed by atoms with E-state index in [1.807, 2.05) is 55.4 Å². The van der Waals surface area contributed by atoms with E-state index in [0.717, 1.165) is 13.0 Å². The minimum atomic E-state index is 1.10. The zero-order valence-corrected chi connectivity index (χ0v) is 16.6. The van der Waals surface area contributed by atoms with Crippen LogP contribution in [0.4, 0.5) is 11.4 Å². The van der Waals surface area contributed by atoms with E-state index in [1.165, 1.54) is 16.9 Å². The van der Waals surface area contributed by atoms with Gasteiger partial charge in [-0.3, -0.25) is 0 Å². The highest BCUT2D eigenvalue weighted by atomic mass is 15.2. The summed E-state index contributed by atoms with van der Waals surface area (Å²) in [5.41, 5.74) is 4.12. The summed E-state index contributed by atoms with van der Waals surface area (Å²) in [5, 5.41) is 0. The third kappa shape index (κ3) is 7.36. The fraction of sp³-hybridized carbons (Fsp3) is 0.455. The van der Waals surface area contributed by atoms with E-state index in [4.69, 9.17) is 0 Å². The van der Waals surface area contributed by atoms with Crippen molar-refractivity contribution in [1.82, 2.24) is 0 Å². The van der Waals surface area contributed by atoms with E-state index in [0.29, 0.717) is 0 Å². The second kappa shape index (κ2) is 16.6. The molecular formula is C22H37N. The van der Waals surface area contributed by atoms with Crippen LogP contribution in [0, 0.1) is 0 Å². The maximum Gasteiger partial charge on any atom is 0.0444 e. The second-order valence-corrected chi connectivity index (χ2v) is 3.87. The van der Waals surface area contributed by atoms with Gasteiger partial charge in [0.05, 0.1) is 0 Å². The molecule has 1 heterocycles. The van der Waals surface area contributed by atoms with Crippen LogP contribution in [0.1, 0.15) is 61.0 Å². The first-order valence-electron chi connectivity index (χ1n) is 9.36. The standard InChI is InChI=1S/C14H13N.4C2H6/c1-2-7-13(8-3-1)15-11-10-12-6-4-5-9-14(12)15;4*1-2/h1-9H,10-11H2;4*1-2H3. The molecule has 0 N–H and O–H groups in total. The van der Waals surface area contributed by atoms with Gasteiger partial charge >= 0.3 is 0 Å². The second-order valence-electron chi connectivity index (χ2n) is 3.87. The van der Waals surface area contributed by atoms with Crippen LogP contribution in [0.2, 0.25) is 0 Å². The van der Waals surface area contributed by atoms with E-state index in [1.54, 1.807) is 0 Å². The summed E-state index contributed by atoms with van der Waals surface area (Å²) < 4.78 is 0. The Hall–Kier alpha value is -1.76. The maximum absolute atomic E-state index is 2.38. The van der Waals surface area contributed by atoms with Gasteiger partial charge in [0.1, 0.15) is 0 Å². The number of nitrogens with zero attached hydrogens (tertiary/aromatic N) is 1. The SMILES string of the molecule is CC.CC.CC.CC.c1ccc(N2CCc3ccccc32)cc1. The van der Waals surface area contributed by atoms with E-state index >= 15 is 0 Å². The Bertz CT molecular complexity index is 462. The molecule has 0 aromatic heterocycles. The predicted octanol–water partition coefficient (Wildman–Crippen LogP) is 7.49. The Morgan fingerprint density at radius 1 is 0.609 bits per heavy atom. The van der Waals surface area contributed by atoms with Gasteiger partial charge in [-0.2, -0.15) is 0 Å². The Morgan fingerprint density at radius 2 is 1.09 bits per heavy atom. The maximum atomic E-state index is 2.38. The molecule has 0 bridgehead atoms. The summed E-state index contributed by atoms with van der Waals surface area (Å²) in [5.74, 6) is 0. The van der Waals surface area contributed by atoms with Crippen molar-refractivity contribution in [2.45, 2.75) is 61.8 Å². The molecule has 2 aromatic carbocycles. The van der Waals surface area contributed by atoms with Gasteiger partial charge in [-0.1, -0.05) is 91.8 Å². The van der Waals surface area contributed by atoms with Crippen molar-refractivity contribution in [3.63, 3.8) is 0 Å². The number of hydrogen-bond acceptors (Lipinski definition) is 1. The van der Waals surface area contributed by atoms with E-state index in [9.17, 15) is 0 Å². The number of fused-ring (bicyclic) bond motifs is 1. The molecule has 130 valence electrons. The van der Waals surface area contributed by atoms with E-state index in [-0.39, 0.29) is 0 Å². The number of hydrogen-bond donors (Lipinski definition) is 0. The molecule has 1 aliphatic heterocycles. The molecule has 3 rings (SSSR count). The minimum absolute atomic E-state index is 1.10. The van der Waals surface area contributed by atoms with Gasteiger partial charge in [0.25, 0.3) is 0 Å². The van der Waals surface area contributed by atoms with Gasteiger partial charge in [-0.15, -0.1) is 0 Å². The molecule has 23 heavy (non-hydrogen) atoms. The van der Waals surface area contributed by atoms with Crippen LogP contribution in [0.25, 0.3) is 0 Å². The van der Waals surface area contributed by atoms with Crippen molar-refractivity contribution in [2.75, 3.05) is 11.4 Å². The molecule has 1 nitrogen and oxygen atoms in total. The summed E-state index contributed by atoms with van der Waals surface area (Å²) in [4.78, 5) is 2.38. The minimum Gasteiger partial charge on any atom is -0.341 e. The highest BCUT2D eigenvalue weighted by Crippen LogP contribution is 2.33. The average Bonchev–Trinajstić information content (AvgIpc) is 3.13. The fourth-order valence-electron chi connectivity index (χ4n) is 2.21.